The summed E-state index contributed by atoms with van der Waals surface area (Å²) in [6.07, 6.45) is 1.33. The standard InChI is InChI=1S/C19H21BrN2O5/c1-3-25-15-7-5-6-8-16(15)27-12-18(23)22-21-11-13-9-14(20)10-17(19(13)24)26-4-2/h5-11,24H,3-4,12H2,1-2H3,(H,22,23)/b21-11+. The number of carbonyl (C=O) groups is 1. The highest BCUT2D eigenvalue weighted by Crippen LogP contribution is 2.32. The minimum atomic E-state index is -0.447. The molecule has 2 aromatic rings. The van der Waals surface area contributed by atoms with Gasteiger partial charge in [-0.25, -0.2) is 5.43 Å². The Bertz CT molecular complexity index is 811. The zero-order valence-corrected chi connectivity index (χ0v) is 16.7. The minimum absolute atomic E-state index is 0.0556. The van der Waals surface area contributed by atoms with Gasteiger partial charge in [-0.1, -0.05) is 28.1 Å². The van der Waals surface area contributed by atoms with Crippen molar-refractivity contribution in [2.45, 2.75) is 13.8 Å². The molecule has 0 saturated heterocycles. The molecule has 2 aromatic carbocycles. The van der Waals surface area contributed by atoms with Crippen molar-refractivity contribution in [3.05, 3.63) is 46.4 Å². The molecule has 2 rings (SSSR count). The van der Waals surface area contributed by atoms with Crippen LogP contribution >= 0.6 is 15.9 Å². The van der Waals surface area contributed by atoms with Gasteiger partial charge in [-0.2, -0.15) is 5.10 Å². The molecule has 0 bridgehead atoms. The lowest BCUT2D eigenvalue weighted by molar-refractivity contribution is -0.123. The molecule has 0 aliphatic carbocycles. The number of benzene rings is 2. The molecule has 0 atom stereocenters. The Hall–Kier alpha value is -2.74. The van der Waals surface area contributed by atoms with E-state index in [1.807, 2.05) is 19.9 Å². The molecule has 8 heteroatoms. The Morgan fingerprint density at radius 1 is 1.11 bits per heavy atom. The minimum Gasteiger partial charge on any atom is -0.504 e. The summed E-state index contributed by atoms with van der Waals surface area (Å²) in [6, 6.07) is 10.4. The maximum atomic E-state index is 11.9. The van der Waals surface area contributed by atoms with Crippen molar-refractivity contribution in [3.8, 4) is 23.0 Å². The highest BCUT2D eigenvalue weighted by Gasteiger charge is 2.10. The molecule has 0 aliphatic heterocycles. The number of hydrazone groups is 1. The number of amides is 1. The van der Waals surface area contributed by atoms with Crippen LogP contribution in [0.25, 0.3) is 0 Å². The van der Waals surface area contributed by atoms with Crippen LogP contribution in [0.4, 0.5) is 0 Å². The Kier molecular flexibility index (Phi) is 7.94. The van der Waals surface area contributed by atoms with Gasteiger partial charge in [0.1, 0.15) is 0 Å². The SMILES string of the molecule is CCOc1ccccc1OCC(=O)N/N=C/c1cc(Br)cc(OCC)c1O. The smallest absolute Gasteiger partial charge is 0.277 e. The number of aromatic hydroxyl groups is 1. The molecule has 0 aromatic heterocycles. The van der Waals surface area contributed by atoms with Crippen molar-refractivity contribution < 1.29 is 24.1 Å². The number of hydrogen-bond donors (Lipinski definition) is 2. The van der Waals surface area contributed by atoms with E-state index in [0.29, 0.717) is 40.5 Å². The number of phenols is 1. The van der Waals surface area contributed by atoms with Crippen molar-refractivity contribution in [1.29, 1.82) is 0 Å². The fourth-order valence-electron chi connectivity index (χ4n) is 2.15. The predicted octanol–water partition coefficient (Wildman–Crippen LogP) is 3.48. The summed E-state index contributed by atoms with van der Waals surface area (Å²) in [7, 11) is 0. The summed E-state index contributed by atoms with van der Waals surface area (Å²) in [6.45, 7) is 4.37. The van der Waals surface area contributed by atoms with Gasteiger partial charge in [-0.3, -0.25) is 4.79 Å². The first kappa shape index (κ1) is 20.6. The summed E-state index contributed by atoms with van der Waals surface area (Å²) in [5, 5.41) is 14.0. The van der Waals surface area contributed by atoms with Crippen LogP contribution in [0.1, 0.15) is 19.4 Å². The summed E-state index contributed by atoms with van der Waals surface area (Å²) in [5.41, 5.74) is 2.75. The third-order valence-electron chi connectivity index (χ3n) is 3.27. The number of phenolic OH excluding ortho intramolecular Hbond substituents is 1. The predicted molar refractivity (Wildman–Crippen MR) is 106 cm³/mol. The van der Waals surface area contributed by atoms with E-state index in [9.17, 15) is 9.90 Å². The molecule has 0 spiro atoms. The fraction of sp³-hybridized carbons (Fsp3) is 0.263. The first-order chi connectivity index (χ1) is 13.0. The fourth-order valence-corrected chi connectivity index (χ4v) is 2.61. The zero-order valence-electron chi connectivity index (χ0n) is 15.1. The maximum Gasteiger partial charge on any atom is 0.277 e. The van der Waals surface area contributed by atoms with Gasteiger partial charge in [0.05, 0.1) is 19.4 Å². The molecule has 144 valence electrons. The van der Waals surface area contributed by atoms with Gasteiger partial charge in [0.2, 0.25) is 0 Å². The molecular weight excluding hydrogens is 416 g/mol. The van der Waals surface area contributed by atoms with Crippen LogP contribution in [0.5, 0.6) is 23.0 Å². The normalized spacial score (nSPS) is 10.6. The average Bonchev–Trinajstić information content (AvgIpc) is 2.65. The third kappa shape index (κ3) is 6.18. The highest BCUT2D eigenvalue weighted by atomic mass is 79.9. The van der Waals surface area contributed by atoms with Gasteiger partial charge in [0, 0.05) is 10.0 Å². The Labute approximate surface area is 166 Å². The van der Waals surface area contributed by atoms with Gasteiger partial charge in [0.25, 0.3) is 5.91 Å². The number of rotatable bonds is 9. The number of ether oxygens (including phenoxy) is 3. The molecule has 0 saturated carbocycles. The molecule has 2 N–H and O–H groups in total. The van der Waals surface area contributed by atoms with Crippen molar-refractivity contribution in [2.75, 3.05) is 19.8 Å². The second kappa shape index (κ2) is 10.4. The van der Waals surface area contributed by atoms with Gasteiger partial charge in [-0.15, -0.1) is 0 Å². The van der Waals surface area contributed by atoms with Crippen molar-refractivity contribution in [2.24, 2.45) is 5.10 Å². The molecule has 0 fully saturated rings. The number of carbonyl (C=O) groups excluding carboxylic acids is 1. The maximum absolute atomic E-state index is 11.9. The first-order valence-electron chi connectivity index (χ1n) is 8.37. The van der Waals surface area contributed by atoms with Crippen molar-refractivity contribution in [1.82, 2.24) is 5.43 Å². The van der Waals surface area contributed by atoms with Gasteiger partial charge < -0.3 is 19.3 Å². The van der Waals surface area contributed by atoms with Crippen LogP contribution in [-0.4, -0.2) is 37.0 Å². The van der Waals surface area contributed by atoms with Crippen LogP contribution in [0, 0.1) is 0 Å². The second-order valence-corrected chi connectivity index (χ2v) is 6.15. The number of para-hydroxylation sites is 2. The molecule has 0 radical (unpaired) electrons. The Morgan fingerprint density at radius 3 is 2.41 bits per heavy atom. The number of nitrogens with zero attached hydrogens (tertiary/aromatic N) is 1. The Morgan fingerprint density at radius 2 is 1.74 bits per heavy atom. The molecular formula is C19H21BrN2O5. The van der Waals surface area contributed by atoms with Gasteiger partial charge >= 0.3 is 0 Å². The quantitative estimate of drug-likeness (QED) is 0.463. The van der Waals surface area contributed by atoms with Crippen LogP contribution in [0.3, 0.4) is 0 Å². The van der Waals surface area contributed by atoms with Crippen LogP contribution in [-0.2, 0) is 4.79 Å². The molecule has 0 aliphatic rings. The average molecular weight is 437 g/mol. The monoisotopic (exact) mass is 436 g/mol. The molecule has 1 amide bonds. The van der Waals surface area contributed by atoms with Crippen molar-refractivity contribution >= 4 is 28.1 Å². The lowest BCUT2D eigenvalue weighted by Gasteiger charge is -2.10. The highest BCUT2D eigenvalue weighted by molar-refractivity contribution is 9.10. The van der Waals surface area contributed by atoms with Crippen LogP contribution < -0.4 is 19.6 Å². The summed E-state index contributed by atoms with van der Waals surface area (Å²) in [5.74, 6) is 0.871. The topological polar surface area (TPSA) is 89.4 Å². The number of halogens is 1. The largest absolute Gasteiger partial charge is 0.504 e. The Balaban J connectivity index is 1.94. The van der Waals surface area contributed by atoms with E-state index in [-0.39, 0.29) is 12.4 Å². The van der Waals surface area contributed by atoms with E-state index < -0.39 is 5.91 Å². The summed E-state index contributed by atoms with van der Waals surface area (Å²) < 4.78 is 17.0. The lowest BCUT2D eigenvalue weighted by atomic mass is 10.2. The van der Waals surface area contributed by atoms with E-state index in [0.717, 1.165) is 0 Å². The van der Waals surface area contributed by atoms with E-state index in [2.05, 4.69) is 26.5 Å². The zero-order chi connectivity index (χ0) is 19.6. The van der Waals surface area contributed by atoms with Crippen LogP contribution in [0.15, 0.2) is 46.0 Å². The van der Waals surface area contributed by atoms with Crippen molar-refractivity contribution in [3.63, 3.8) is 0 Å². The second-order valence-electron chi connectivity index (χ2n) is 5.24. The van der Waals surface area contributed by atoms with E-state index in [1.165, 1.54) is 6.21 Å². The summed E-state index contributed by atoms with van der Waals surface area (Å²) in [4.78, 5) is 11.9. The van der Waals surface area contributed by atoms with Gasteiger partial charge in [-0.05, 0) is 38.1 Å². The van der Waals surface area contributed by atoms with Gasteiger partial charge in [0.15, 0.2) is 29.6 Å². The molecule has 0 heterocycles. The van der Waals surface area contributed by atoms with Crippen LogP contribution in [0.2, 0.25) is 0 Å². The van der Waals surface area contributed by atoms with E-state index in [4.69, 9.17) is 14.2 Å². The molecule has 27 heavy (non-hydrogen) atoms. The summed E-state index contributed by atoms with van der Waals surface area (Å²) >= 11 is 3.34. The molecule has 7 nitrogen and oxygen atoms in total. The molecule has 0 unspecified atom stereocenters. The number of hydrogen-bond acceptors (Lipinski definition) is 6. The van der Waals surface area contributed by atoms with E-state index >= 15 is 0 Å². The lowest BCUT2D eigenvalue weighted by Crippen LogP contribution is -2.24. The first-order valence-corrected chi connectivity index (χ1v) is 9.16. The third-order valence-corrected chi connectivity index (χ3v) is 3.73. The number of nitrogens with one attached hydrogen (secondary N) is 1. The van der Waals surface area contributed by atoms with E-state index in [1.54, 1.807) is 30.3 Å².